The van der Waals surface area contributed by atoms with Crippen molar-refractivity contribution in [2.45, 2.75) is 18.6 Å². The van der Waals surface area contributed by atoms with Gasteiger partial charge in [0, 0.05) is 13.5 Å². The number of thioether (sulfide) groups is 1. The molecule has 10 heavy (non-hydrogen) atoms. The molecule has 0 aromatic heterocycles. The third kappa shape index (κ3) is 1.73. The van der Waals surface area contributed by atoms with E-state index in [1.54, 1.807) is 0 Å². The van der Waals surface area contributed by atoms with E-state index in [2.05, 4.69) is 5.32 Å². The van der Waals surface area contributed by atoms with E-state index in [0.29, 0.717) is 6.54 Å². The van der Waals surface area contributed by atoms with Crippen molar-refractivity contribution in [2.75, 3.05) is 6.54 Å². The van der Waals surface area contributed by atoms with Crippen LogP contribution in [0.3, 0.4) is 0 Å². The predicted octanol–water partition coefficient (Wildman–Crippen LogP) is 0.155. The number of amides is 1. The Hall–Kier alpha value is -0.510. The van der Waals surface area contributed by atoms with Gasteiger partial charge in [-0.3, -0.25) is 9.59 Å². The minimum absolute atomic E-state index is 0.000185. The lowest BCUT2D eigenvalue weighted by Gasteiger charge is -2.00. The molecule has 1 saturated heterocycles. The van der Waals surface area contributed by atoms with E-state index in [9.17, 15) is 9.59 Å². The molecule has 0 aromatic carbocycles. The third-order valence-corrected chi connectivity index (χ3v) is 2.37. The highest BCUT2D eigenvalue weighted by Gasteiger charge is 2.25. The number of rotatable bonds is 1. The lowest BCUT2D eigenvalue weighted by molar-refractivity contribution is -0.119. The van der Waals surface area contributed by atoms with Crippen molar-refractivity contribution in [3.05, 3.63) is 0 Å². The highest BCUT2D eigenvalue weighted by atomic mass is 32.2. The van der Waals surface area contributed by atoms with E-state index in [1.807, 2.05) is 0 Å². The van der Waals surface area contributed by atoms with Gasteiger partial charge in [-0.25, -0.2) is 0 Å². The molecule has 4 heteroatoms. The van der Waals surface area contributed by atoms with Gasteiger partial charge in [-0.2, -0.15) is 0 Å². The number of hydrogen-bond donors (Lipinski definition) is 1. The monoisotopic (exact) mass is 159 g/mol. The lowest BCUT2D eigenvalue weighted by atomic mass is 10.4. The summed E-state index contributed by atoms with van der Waals surface area (Å²) in [4.78, 5) is 21.4. The maximum atomic E-state index is 10.8. The molecular formula is C6H9NO2S. The molecule has 0 radical (unpaired) electrons. The van der Waals surface area contributed by atoms with Crippen molar-refractivity contribution >= 4 is 22.8 Å². The van der Waals surface area contributed by atoms with E-state index >= 15 is 0 Å². The summed E-state index contributed by atoms with van der Waals surface area (Å²) in [5.41, 5.74) is 0. The van der Waals surface area contributed by atoms with Crippen LogP contribution >= 0.6 is 11.8 Å². The third-order valence-electron chi connectivity index (χ3n) is 1.31. The molecule has 0 aliphatic carbocycles. The summed E-state index contributed by atoms with van der Waals surface area (Å²) in [5.74, 6) is 0.000185. The summed E-state index contributed by atoms with van der Waals surface area (Å²) < 4.78 is 0. The maximum Gasteiger partial charge on any atom is 0.233 e. The molecule has 0 spiro atoms. The fourth-order valence-electron chi connectivity index (χ4n) is 0.884. The Labute approximate surface area is 63.6 Å². The molecule has 0 saturated carbocycles. The second-order valence-corrected chi connectivity index (χ2v) is 3.56. The zero-order valence-corrected chi connectivity index (χ0v) is 6.53. The Kier molecular flexibility index (Phi) is 2.32. The summed E-state index contributed by atoms with van der Waals surface area (Å²) in [7, 11) is 0. The summed E-state index contributed by atoms with van der Waals surface area (Å²) >= 11 is 1.12. The van der Waals surface area contributed by atoms with Crippen LogP contribution in [0.1, 0.15) is 13.3 Å². The van der Waals surface area contributed by atoms with Crippen molar-refractivity contribution in [2.24, 2.45) is 0 Å². The van der Waals surface area contributed by atoms with Crippen LogP contribution in [-0.4, -0.2) is 22.8 Å². The van der Waals surface area contributed by atoms with Crippen LogP contribution in [0.4, 0.5) is 0 Å². The molecule has 1 heterocycles. The fourth-order valence-corrected chi connectivity index (χ4v) is 1.71. The Morgan fingerprint density at radius 3 is 2.90 bits per heavy atom. The average molecular weight is 159 g/mol. The first-order valence-electron chi connectivity index (χ1n) is 3.15. The van der Waals surface area contributed by atoms with Crippen LogP contribution in [0.25, 0.3) is 0 Å². The van der Waals surface area contributed by atoms with Gasteiger partial charge < -0.3 is 5.32 Å². The SMILES string of the molecule is CC(=O)S[C@@H]1CCNC1=O. The summed E-state index contributed by atoms with van der Waals surface area (Å²) in [6.07, 6.45) is 0.781. The molecule has 1 fully saturated rings. The Bertz CT molecular complexity index is 169. The largest absolute Gasteiger partial charge is 0.355 e. The van der Waals surface area contributed by atoms with Crippen LogP contribution < -0.4 is 5.32 Å². The minimum atomic E-state index is -0.127. The minimum Gasteiger partial charge on any atom is -0.355 e. The van der Waals surface area contributed by atoms with Crippen LogP contribution in [0.15, 0.2) is 0 Å². The van der Waals surface area contributed by atoms with Gasteiger partial charge in [-0.15, -0.1) is 0 Å². The van der Waals surface area contributed by atoms with Crippen molar-refractivity contribution in [3.63, 3.8) is 0 Å². The van der Waals surface area contributed by atoms with Crippen molar-refractivity contribution < 1.29 is 9.59 Å². The van der Waals surface area contributed by atoms with E-state index in [1.165, 1.54) is 6.92 Å². The van der Waals surface area contributed by atoms with E-state index in [-0.39, 0.29) is 16.3 Å². The number of carbonyl (C=O) groups is 2. The zero-order valence-electron chi connectivity index (χ0n) is 5.72. The standard InChI is InChI=1S/C6H9NO2S/c1-4(8)10-5-2-3-7-6(5)9/h5H,2-3H2,1H3,(H,7,9)/t5-/m1/s1. The smallest absolute Gasteiger partial charge is 0.233 e. The number of carbonyl (C=O) groups excluding carboxylic acids is 2. The lowest BCUT2D eigenvalue weighted by Crippen LogP contribution is -2.21. The van der Waals surface area contributed by atoms with Crippen LogP contribution in [0, 0.1) is 0 Å². The van der Waals surface area contributed by atoms with Gasteiger partial charge in [0.15, 0.2) is 5.12 Å². The molecular weight excluding hydrogens is 150 g/mol. The number of nitrogens with one attached hydrogen (secondary N) is 1. The van der Waals surface area contributed by atoms with E-state index < -0.39 is 0 Å². The van der Waals surface area contributed by atoms with Crippen LogP contribution in [-0.2, 0) is 9.59 Å². The first-order chi connectivity index (χ1) is 4.70. The summed E-state index contributed by atoms with van der Waals surface area (Å²) in [6, 6.07) is 0. The van der Waals surface area contributed by atoms with Gasteiger partial charge in [0.05, 0.1) is 5.25 Å². The zero-order chi connectivity index (χ0) is 7.56. The first kappa shape index (κ1) is 7.60. The molecule has 1 rings (SSSR count). The Morgan fingerprint density at radius 2 is 2.50 bits per heavy atom. The molecule has 1 N–H and O–H groups in total. The van der Waals surface area contributed by atoms with Gasteiger partial charge in [0.2, 0.25) is 5.91 Å². The molecule has 0 bridgehead atoms. The van der Waals surface area contributed by atoms with Gasteiger partial charge in [-0.1, -0.05) is 11.8 Å². The summed E-state index contributed by atoms with van der Waals surface area (Å²) in [5, 5.41) is 2.55. The van der Waals surface area contributed by atoms with Gasteiger partial charge in [-0.05, 0) is 6.42 Å². The predicted molar refractivity (Wildman–Crippen MR) is 39.7 cm³/mol. The molecule has 3 nitrogen and oxygen atoms in total. The molecule has 0 unspecified atom stereocenters. The average Bonchev–Trinajstić information content (AvgIpc) is 2.15. The normalized spacial score (nSPS) is 24.5. The molecule has 56 valence electrons. The number of hydrogen-bond acceptors (Lipinski definition) is 3. The van der Waals surface area contributed by atoms with Gasteiger partial charge in [0.1, 0.15) is 0 Å². The molecule has 1 aliphatic rings. The maximum absolute atomic E-state index is 10.8. The van der Waals surface area contributed by atoms with E-state index in [0.717, 1.165) is 18.2 Å². The second-order valence-electron chi connectivity index (χ2n) is 2.18. The molecule has 1 atom stereocenters. The van der Waals surface area contributed by atoms with Crippen LogP contribution in [0.2, 0.25) is 0 Å². The van der Waals surface area contributed by atoms with Gasteiger partial charge in [0.25, 0.3) is 0 Å². The Morgan fingerprint density at radius 1 is 1.80 bits per heavy atom. The van der Waals surface area contributed by atoms with Crippen molar-refractivity contribution in [1.29, 1.82) is 0 Å². The summed E-state index contributed by atoms with van der Waals surface area (Å²) in [6.45, 7) is 2.19. The Balaban J connectivity index is 2.40. The highest BCUT2D eigenvalue weighted by Crippen LogP contribution is 2.18. The highest BCUT2D eigenvalue weighted by molar-refractivity contribution is 8.14. The quantitative estimate of drug-likeness (QED) is 0.592. The van der Waals surface area contributed by atoms with E-state index in [4.69, 9.17) is 0 Å². The van der Waals surface area contributed by atoms with Gasteiger partial charge >= 0.3 is 0 Å². The van der Waals surface area contributed by atoms with Crippen molar-refractivity contribution in [1.82, 2.24) is 5.32 Å². The van der Waals surface area contributed by atoms with Crippen LogP contribution in [0.5, 0.6) is 0 Å². The molecule has 0 aromatic rings. The second kappa shape index (κ2) is 3.05. The molecule has 1 amide bonds. The fraction of sp³-hybridized carbons (Fsp3) is 0.667. The topological polar surface area (TPSA) is 46.2 Å². The van der Waals surface area contributed by atoms with Crippen molar-refractivity contribution in [3.8, 4) is 0 Å². The molecule has 1 aliphatic heterocycles. The first-order valence-corrected chi connectivity index (χ1v) is 4.03.